The van der Waals surface area contributed by atoms with Crippen LogP contribution in [-0.4, -0.2) is 29.0 Å². The second kappa shape index (κ2) is 5.38. The van der Waals surface area contributed by atoms with Crippen LogP contribution in [0, 0.1) is 0 Å². The Morgan fingerprint density at radius 1 is 1.53 bits per heavy atom. The van der Waals surface area contributed by atoms with Gasteiger partial charge in [0, 0.05) is 6.92 Å². The SMILES string of the molecule is CC(=O)NCCOc1cccc2[nH]c(=O)nc(N)c12. The third kappa shape index (κ3) is 3.01. The van der Waals surface area contributed by atoms with Gasteiger partial charge in [0.15, 0.2) is 0 Å². The van der Waals surface area contributed by atoms with Crippen LogP contribution in [0.5, 0.6) is 5.75 Å². The summed E-state index contributed by atoms with van der Waals surface area (Å²) in [5, 5.41) is 3.18. The van der Waals surface area contributed by atoms with E-state index in [1.165, 1.54) is 6.92 Å². The fourth-order valence-corrected chi connectivity index (χ4v) is 1.72. The summed E-state index contributed by atoms with van der Waals surface area (Å²) in [4.78, 5) is 28.2. The van der Waals surface area contributed by atoms with Gasteiger partial charge in [-0.05, 0) is 12.1 Å². The zero-order chi connectivity index (χ0) is 13.8. The highest BCUT2D eigenvalue weighted by Crippen LogP contribution is 2.26. The molecule has 19 heavy (non-hydrogen) atoms. The summed E-state index contributed by atoms with van der Waals surface area (Å²) in [6.07, 6.45) is 0. The Labute approximate surface area is 108 Å². The standard InChI is InChI=1S/C12H14N4O3/c1-7(17)14-5-6-19-9-4-2-3-8-10(9)11(13)16-12(18)15-8/h2-4H,5-6H2,1H3,(H,14,17)(H3,13,15,16,18). The highest BCUT2D eigenvalue weighted by molar-refractivity contribution is 5.93. The van der Waals surface area contributed by atoms with Gasteiger partial charge in [0.25, 0.3) is 0 Å². The second-order valence-electron chi connectivity index (χ2n) is 3.94. The lowest BCUT2D eigenvalue weighted by molar-refractivity contribution is -0.119. The van der Waals surface area contributed by atoms with Crippen LogP contribution in [-0.2, 0) is 4.79 Å². The number of nitrogens with two attached hydrogens (primary N) is 1. The highest BCUT2D eigenvalue weighted by atomic mass is 16.5. The lowest BCUT2D eigenvalue weighted by Crippen LogP contribution is -2.25. The number of benzene rings is 1. The Balaban J connectivity index is 2.23. The van der Waals surface area contributed by atoms with Gasteiger partial charge in [-0.15, -0.1) is 0 Å². The van der Waals surface area contributed by atoms with E-state index in [-0.39, 0.29) is 11.7 Å². The van der Waals surface area contributed by atoms with Crippen LogP contribution in [0.1, 0.15) is 6.92 Å². The number of nitrogens with zero attached hydrogens (tertiary/aromatic N) is 1. The Morgan fingerprint density at radius 3 is 3.05 bits per heavy atom. The van der Waals surface area contributed by atoms with Crippen LogP contribution in [0.15, 0.2) is 23.0 Å². The molecular weight excluding hydrogens is 248 g/mol. The van der Waals surface area contributed by atoms with Crippen molar-refractivity contribution in [2.75, 3.05) is 18.9 Å². The normalized spacial score (nSPS) is 10.4. The number of fused-ring (bicyclic) bond motifs is 1. The van der Waals surface area contributed by atoms with E-state index < -0.39 is 5.69 Å². The number of anilines is 1. The predicted molar refractivity (Wildman–Crippen MR) is 71.0 cm³/mol. The van der Waals surface area contributed by atoms with Crippen LogP contribution >= 0.6 is 0 Å². The van der Waals surface area contributed by atoms with Crippen molar-refractivity contribution in [1.29, 1.82) is 0 Å². The van der Waals surface area contributed by atoms with Crippen molar-refractivity contribution in [3.8, 4) is 5.75 Å². The molecule has 0 spiro atoms. The molecule has 4 N–H and O–H groups in total. The maximum atomic E-state index is 11.2. The molecule has 0 unspecified atom stereocenters. The van der Waals surface area contributed by atoms with Crippen LogP contribution in [0.3, 0.4) is 0 Å². The number of amides is 1. The first-order valence-corrected chi connectivity index (χ1v) is 5.73. The summed E-state index contributed by atoms with van der Waals surface area (Å²) in [7, 11) is 0. The number of carbonyl (C=O) groups excluding carboxylic acids is 1. The number of H-pyrrole nitrogens is 1. The number of hydrogen-bond acceptors (Lipinski definition) is 5. The molecule has 0 saturated heterocycles. The molecule has 0 aliphatic carbocycles. The summed E-state index contributed by atoms with van der Waals surface area (Å²) in [6, 6.07) is 5.19. The molecule has 0 fully saturated rings. The number of hydrogen-bond donors (Lipinski definition) is 3. The molecule has 1 aromatic carbocycles. The molecule has 7 nitrogen and oxygen atoms in total. The lowest BCUT2D eigenvalue weighted by atomic mass is 10.2. The van der Waals surface area contributed by atoms with E-state index in [2.05, 4.69) is 15.3 Å². The minimum Gasteiger partial charge on any atom is -0.491 e. The molecule has 100 valence electrons. The van der Waals surface area contributed by atoms with E-state index in [1.54, 1.807) is 18.2 Å². The van der Waals surface area contributed by atoms with Crippen molar-refractivity contribution in [2.24, 2.45) is 0 Å². The van der Waals surface area contributed by atoms with Crippen LogP contribution < -0.4 is 21.5 Å². The van der Waals surface area contributed by atoms with Gasteiger partial charge in [-0.25, -0.2) is 4.79 Å². The predicted octanol–water partition coefficient (Wildman–Crippen LogP) is 0.0202. The first-order chi connectivity index (χ1) is 9.08. The number of aromatic amines is 1. The van der Waals surface area contributed by atoms with E-state index in [1.807, 2.05) is 0 Å². The number of ether oxygens (including phenoxy) is 1. The zero-order valence-corrected chi connectivity index (χ0v) is 10.4. The van der Waals surface area contributed by atoms with Crippen molar-refractivity contribution in [1.82, 2.24) is 15.3 Å². The summed E-state index contributed by atoms with van der Waals surface area (Å²) in [5.41, 5.74) is 5.79. The topological polar surface area (TPSA) is 110 Å². The Hall–Kier alpha value is -2.57. The molecular formula is C12H14N4O3. The van der Waals surface area contributed by atoms with Crippen LogP contribution in [0.2, 0.25) is 0 Å². The minimum atomic E-state index is -0.500. The Kier molecular flexibility index (Phi) is 3.65. The van der Waals surface area contributed by atoms with E-state index in [0.29, 0.717) is 29.8 Å². The number of nitrogens with one attached hydrogen (secondary N) is 2. The molecule has 2 aromatic rings. The van der Waals surface area contributed by atoms with Gasteiger partial charge in [0.2, 0.25) is 5.91 Å². The molecule has 2 rings (SSSR count). The smallest absolute Gasteiger partial charge is 0.347 e. The molecule has 0 aliphatic heterocycles. The second-order valence-corrected chi connectivity index (χ2v) is 3.94. The summed E-state index contributed by atoms with van der Waals surface area (Å²) in [6.45, 7) is 2.13. The molecule has 0 atom stereocenters. The number of nitrogen functional groups attached to an aromatic ring is 1. The molecule has 0 aliphatic rings. The van der Waals surface area contributed by atoms with Crippen LogP contribution in [0.25, 0.3) is 10.9 Å². The van der Waals surface area contributed by atoms with Crippen molar-refractivity contribution in [3.05, 3.63) is 28.7 Å². The summed E-state index contributed by atoms with van der Waals surface area (Å²) >= 11 is 0. The third-order valence-corrected chi connectivity index (χ3v) is 2.48. The Morgan fingerprint density at radius 2 is 2.32 bits per heavy atom. The first kappa shape index (κ1) is 12.9. The number of carbonyl (C=O) groups is 1. The fourth-order valence-electron chi connectivity index (χ4n) is 1.72. The molecule has 0 bridgehead atoms. The lowest BCUT2D eigenvalue weighted by Gasteiger charge is -2.10. The summed E-state index contributed by atoms with van der Waals surface area (Å²) in [5.74, 6) is 0.519. The monoisotopic (exact) mass is 262 g/mol. The van der Waals surface area contributed by atoms with E-state index in [4.69, 9.17) is 10.5 Å². The average Bonchev–Trinajstić information content (AvgIpc) is 2.33. The van der Waals surface area contributed by atoms with Gasteiger partial charge in [0.1, 0.15) is 18.2 Å². The minimum absolute atomic E-state index is 0.118. The molecule has 1 amide bonds. The third-order valence-electron chi connectivity index (χ3n) is 2.48. The maximum Gasteiger partial charge on any atom is 0.347 e. The van der Waals surface area contributed by atoms with E-state index in [9.17, 15) is 9.59 Å². The van der Waals surface area contributed by atoms with Gasteiger partial charge in [-0.1, -0.05) is 6.07 Å². The number of aromatic nitrogens is 2. The maximum absolute atomic E-state index is 11.2. The van der Waals surface area contributed by atoms with Crippen LogP contribution in [0.4, 0.5) is 5.82 Å². The van der Waals surface area contributed by atoms with Crippen molar-refractivity contribution in [2.45, 2.75) is 6.92 Å². The average molecular weight is 262 g/mol. The fraction of sp³-hybridized carbons (Fsp3) is 0.250. The molecule has 1 heterocycles. The van der Waals surface area contributed by atoms with Crippen molar-refractivity contribution < 1.29 is 9.53 Å². The van der Waals surface area contributed by atoms with Crippen molar-refractivity contribution >= 4 is 22.6 Å². The van der Waals surface area contributed by atoms with Crippen molar-refractivity contribution in [3.63, 3.8) is 0 Å². The summed E-state index contributed by atoms with van der Waals surface area (Å²) < 4.78 is 5.53. The highest BCUT2D eigenvalue weighted by Gasteiger charge is 2.08. The van der Waals surface area contributed by atoms with Gasteiger partial charge < -0.3 is 20.8 Å². The van der Waals surface area contributed by atoms with E-state index >= 15 is 0 Å². The first-order valence-electron chi connectivity index (χ1n) is 5.73. The van der Waals surface area contributed by atoms with Gasteiger partial charge >= 0.3 is 5.69 Å². The Bertz CT molecular complexity index is 666. The van der Waals surface area contributed by atoms with Gasteiger partial charge in [-0.2, -0.15) is 4.98 Å². The van der Waals surface area contributed by atoms with E-state index in [0.717, 1.165) is 0 Å². The quantitative estimate of drug-likeness (QED) is 0.673. The van der Waals surface area contributed by atoms with Gasteiger partial charge in [-0.3, -0.25) is 4.79 Å². The largest absolute Gasteiger partial charge is 0.491 e. The molecule has 7 heteroatoms. The zero-order valence-electron chi connectivity index (χ0n) is 10.4. The molecule has 0 radical (unpaired) electrons. The molecule has 1 aromatic heterocycles. The number of rotatable bonds is 4. The van der Waals surface area contributed by atoms with Gasteiger partial charge in [0.05, 0.1) is 17.4 Å². The molecule has 0 saturated carbocycles.